The van der Waals surface area contributed by atoms with E-state index in [1.54, 1.807) is 89.3 Å². The molecule has 2 aromatic carbocycles. The van der Waals surface area contributed by atoms with Crippen molar-refractivity contribution in [3.63, 3.8) is 0 Å². The molecule has 45 heteroatoms. The fourth-order valence-electron chi connectivity index (χ4n) is 15.4. The van der Waals surface area contributed by atoms with E-state index in [1.165, 1.54) is 31.2 Å². The molecule has 0 spiro atoms. The number of aromatic amines is 1. The number of carbonyl (C=O) groups is 18. The third-order valence-corrected chi connectivity index (χ3v) is 24.6. The molecular formula is C96H160N24O21. The minimum atomic E-state index is -1.78. The third-order valence-electron chi connectivity index (χ3n) is 24.6. The van der Waals surface area contributed by atoms with E-state index >= 15 is 0 Å². The number of fused-ring (bicyclic) bond motifs is 1. The molecule has 3 rings (SSSR count). The average molecular weight is 1990 g/mol. The maximum absolute atomic E-state index is 14.9. The Kier molecular flexibility index (Phi) is 54.9. The highest BCUT2D eigenvalue weighted by Crippen LogP contribution is 2.23. The number of aromatic hydroxyl groups is 1. The molecule has 0 aliphatic heterocycles. The second-order valence-corrected chi connectivity index (χ2v) is 37.8. The molecule has 0 radical (unpaired) electrons. The number of unbranched alkanes of at least 4 members (excludes halogenated alkanes) is 2. The molecule has 1 heterocycles. The van der Waals surface area contributed by atoms with Crippen LogP contribution in [-0.4, -0.2) is 256 Å². The predicted octanol–water partition coefficient (Wildman–Crippen LogP) is -1.27. The largest absolute Gasteiger partial charge is 0.508 e. The number of carboxylic acid groups (broad SMARTS) is 1. The minimum Gasteiger partial charge on any atom is -0.508 e. The number of amides is 17. The van der Waals surface area contributed by atoms with E-state index in [-0.39, 0.29) is 145 Å². The predicted molar refractivity (Wildman–Crippen MR) is 529 cm³/mol. The average Bonchev–Trinajstić information content (AvgIpc) is 1.73. The lowest BCUT2D eigenvalue weighted by Gasteiger charge is -2.31. The van der Waals surface area contributed by atoms with Crippen LogP contribution in [-0.2, 0) is 99.1 Å². The van der Waals surface area contributed by atoms with Gasteiger partial charge in [-0.25, -0.2) is 0 Å². The van der Waals surface area contributed by atoms with Crippen LogP contribution < -0.4 is 119 Å². The van der Waals surface area contributed by atoms with E-state index in [1.807, 2.05) is 38.1 Å². The zero-order valence-corrected chi connectivity index (χ0v) is 84.3. The molecule has 0 saturated heterocycles. The Morgan fingerprint density at radius 3 is 1.12 bits per heavy atom. The first-order chi connectivity index (χ1) is 66.5. The van der Waals surface area contributed by atoms with Gasteiger partial charge in [0.2, 0.25) is 100 Å². The van der Waals surface area contributed by atoms with Crippen LogP contribution in [0.1, 0.15) is 237 Å². The van der Waals surface area contributed by atoms with Crippen LogP contribution in [0.3, 0.4) is 0 Å². The number of aliphatic hydroxyl groups excluding tert-OH is 1. The molecule has 17 amide bonds. The number of primary amides is 2. The number of para-hydroxylation sites is 1. The summed E-state index contributed by atoms with van der Waals surface area (Å²) in [6.45, 7) is 24.6. The summed E-state index contributed by atoms with van der Waals surface area (Å²) in [5.41, 5.74) is 37.0. The molecule has 0 bridgehead atoms. The molecule has 20 atom stereocenters. The summed E-state index contributed by atoms with van der Waals surface area (Å²) in [7, 11) is 0. The number of rotatable bonds is 68. The van der Waals surface area contributed by atoms with Gasteiger partial charge in [0.25, 0.3) is 0 Å². The van der Waals surface area contributed by atoms with Gasteiger partial charge in [-0.1, -0.05) is 153 Å². The van der Waals surface area contributed by atoms with Crippen LogP contribution in [0, 0.1) is 46.8 Å². The van der Waals surface area contributed by atoms with Crippen molar-refractivity contribution in [1.82, 2.24) is 90.1 Å². The quantitative estimate of drug-likeness (QED) is 0.0178. The lowest BCUT2D eigenvalue weighted by atomic mass is 9.95. The fourth-order valence-corrected chi connectivity index (χ4v) is 15.4. The highest BCUT2D eigenvalue weighted by atomic mass is 16.4. The molecule has 3 aromatic rings. The summed E-state index contributed by atoms with van der Waals surface area (Å²) < 4.78 is 0. The molecule has 45 nitrogen and oxygen atoms in total. The van der Waals surface area contributed by atoms with E-state index in [0.717, 1.165) is 16.5 Å². The van der Waals surface area contributed by atoms with E-state index in [2.05, 4.69) is 90.1 Å². The SMILES string of the molecule is CC[C@H](C)[C@H](NC(=O)[C@H](C)NC(=O)[C@H](CCC(=O)O)NC(=O)[C@@H](NC(=O)[C@H](Cc1ccc(O)cc1)NC(=O)[C@@H](N)Cc1c[nH]c2ccccc12)[C@@H](C)CC)C(=O)N[C@@H](CCCCN)C(=O)N[C@H](C(=O)N[C@@H](CCC(N)=O)C(=O)N[C@H](C(=O)N[C@@H](CC(C)C)C(=O)N[C@@H](CO)C(=O)N[C@@H](CCCCN)C(=O)N[C@@H](CC(C)C)C(=O)N[C@@H](CCCNC(=N)N)C(=O)N[C@@H](CC(C)C)C(N)=O)[C@@H](C)CC)[C@@H](C)CC. The maximum Gasteiger partial charge on any atom is 0.303 e. The standard InChI is InChI=1S/C96H160N24O21/c1-16-53(11)76(117-81(127)57(15)106-83(129)68(37-39-75(124)125)111-94(140)78(55(13)18-3)120-90(136)72(46-58-32-34-60(122)35-33-58)113-82(128)62(99)47-59-48-105-63-28-21-20-27-61(59)63)92(138)109-65(30-23-25-41-98)86(132)118-77(54(12)17-2)93(139)110-67(36-38-74(100)123)87(133)119-79(56(14)19-4)95(141)115-71(45-52(9)10)89(135)116-73(49-121)91(137)108-64(29-22-24-40-97)85(131)114-70(44-51(7)8)88(134)107-66(31-26-42-104-96(102)103)84(130)112-69(80(101)126)43-50(5)6/h20-21,27-28,32-35,48,50-57,62,64-73,76-79,105,121-122H,16-19,22-26,29-31,36-47,49,97-99H2,1-15H3,(H2,100,123)(H2,101,126)(H,106,129)(H,107,134)(H,108,137)(H,109,138)(H,110,139)(H,111,140)(H,112,130)(H,113,128)(H,114,131)(H,115,141)(H,116,135)(H,117,127)(H,118,132)(H,119,133)(H,120,136)(H,124,125)(H4,102,103,104)/t53-,54-,55-,56-,57-,62-,64-,65-,66-,67-,68-,69-,70-,71-,72-,73-,76-,77-,78-,79-/m0/s1. The van der Waals surface area contributed by atoms with Crippen molar-refractivity contribution in [2.45, 2.75) is 335 Å². The molecule has 1 aromatic heterocycles. The normalized spacial score (nSPS) is 15.6. The number of guanidine groups is 1. The first-order valence-electron chi connectivity index (χ1n) is 49.0. The van der Waals surface area contributed by atoms with Crippen molar-refractivity contribution in [2.24, 2.45) is 75.8 Å². The van der Waals surface area contributed by atoms with Crippen LogP contribution in [0.15, 0.2) is 54.7 Å². The lowest BCUT2D eigenvalue weighted by Crippen LogP contribution is -2.62. The van der Waals surface area contributed by atoms with Crippen LogP contribution in [0.4, 0.5) is 0 Å². The molecule has 0 unspecified atom stereocenters. The number of nitrogens with two attached hydrogens (primary N) is 6. The molecule has 0 aliphatic rings. The zero-order valence-electron chi connectivity index (χ0n) is 84.3. The van der Waals surface area contributed by atoms with Gasteiger partial charge in [0, 0.05) is 42.9 Å². The van der Waals surface area contributed by atoms with Gasteiger partial charge in [-0.3, -0.25) is 91.7 Å². The van der Waals surface area contributed by atoms with Crippen molar-refractivity contribution < 1.29 is 102 Å². The topological polar surface area (TPSA) is 756 Å². The first-order valence-corrected chi connectivity index (χ1v) is 49.0. The Labute approximate surface area is 825 Å². The summed E-state index contributed by atoms with van der Waals surface area (Å²) >= 11 is 0. The van der Waals surface area contributed by atoms with Crippen molar-refractivity contribution in [3.8, 4) is 5.75 Å². The lowest BCUT2D eigenvalue weighted by molar-refractivity contribution is -0.139. The van der Waals surface area contributed by atoms with Crippen molar-refractivity contribution in [3.05, 3.63) is 65.9 Å². The van der Waals surface area contributed by atoms with E-state index in [9.17, 15) is 102 Å². The highest BCUT2D eigenvalue weighted by molar-refractivity contribution is 6.02. The Morgan fingerprint density at radius 1 is 0.376 bits per heavy atom. The van der Waals surface area contributed by atoms with Crippen LogP contribution >= 0.6 is 0 Å². The van der Waals surface area contributed by atoms with Gasteiger partial charge < -0.3 is 140 Å². The van der Waals surface area contributed by atoms with E-state index in [4.69, 9.17) is 39.8 Å². The molecule has 0 aliphatic carbocycles. The van der Waals surface area contributed by atoms with E-state index < -0.39 is 259 Å². The molecule has 0 fully saturated rings. The molecule has 33 N–H and O–H groups in total. The monoisotopic (exact) mass is 1990 g/mol. The maximum atomic E-state index is 14.9. The van der Waals surface area contributed by atoms with Gasteiger partial charge in [0.15, 0.2) is 5.96 Å². The Morgan fingerprint density at radius 2 is 0.716 bits per heavy atom. The Hall–Kier alpha value is -12.6. The van der Waals surface area contributed by atoms with Crippen LogP contribution in [0.2, 0.25) is 0 Å². The number of nitrogens with one attached hydrogen (secondary N) is 18. The number of carboxylic acids is 1. The smallest absolute Gasteiger partial charge is 0.303 e. The number of phenolic OH excluding ortho intramolecular Hbond substituents is 1. The van der Waals surface area contributed by atoms with Crippen LogP contribution in [0.25, 0.3) is 10.9 Å². The number of carbonyl (C=O) groups excluding carboxylic acids is 17. The second kappa shape index (κ2) is 63.2. The number of H-pyrrole nitrogens is 1. The Bertz CT molecular complexity index is 4610. The van der Waals surface area contributed by atoms with Gasteiger partial charge >= 0.3 is 5.97 Å². The van der Waals surface area contributed by atoms with Crippen molar-refractivity contribution in [2.75, 3.05) is 26.2 Å². The Balaban J connectivity index is 1.92. The van der Waals surface area contributed by atoms with Crippen molar-refractivity contribution >= 4 is 123 Å². The number of hydrogen-bond donors (Lipinski definition) is 27. The number of aliphatic hydroxyl groups is 1. The van der Waals surface area contributed by atoms with Crippen molar-refractivity contribution in [1.29, 1.82) is 5.41 Å². The number of phenols is 1. The number of aromatic nitrogens is 1. The number of hydrogen-bond acceptors (Lipinski definition) is 24. The van der Waals surface area contributed by atoms with E-state index in [0.29, 0.717) is 18.4 Å². The van der Waals surface area contributed by atoms with Crippen LogP contribution in [0.5, 0.6) is 5.75 Å². The summed E-state index contributed by atoms with van der Waals surface area (Å²) in [6.07, 6.45) is 1.83. The first kappa shape index (κ1) is 123. The summed E-state index contributed by atoms with van der Waals surface area (Å²) in [5, 5.41) is 81.2. The van der Waals surface area contributed by atoms with Gasteiger partial charge in [0.1, 0.15) is 96.4 Å². The highest BCUT2D eigenvalue weighted by Gasteiger charge is 2.42. The second-order valence-electron chi connectivity index (χ2n) is 37.8. The number of aliphatic carboxylic acids is 1. The minimum absolute atomic E-state index is 0.0158. The zero-order chi connectivity index (χ0) is 106. The van der Waals surface area contributed by atoms with Gasteiger partial charge in [-0.15, -0.1) is 0 Å². The fraction of sp³-hybridized carbons (Fsp3) is 0.656. The third kappa shape index (κ3) is 43.6. The van der Waals surface area contributed by atoms with Gasteiger partial charge in [-0.2, -0.15) is 0 Å². The molecular weight excluding hydrogens is 1830 g/mol. The number of benzene rings is 2. The van der Waals surface area contributed by atoms with Gasteiger partial charge in [-0.05, 0) is 181 Å². The molecule has 141 heavy (non-hydrogen) atoms. The summed E-state index contributed by atoms with van der Waals surface area (Å²) in [6, 6.07) is -9.80. The summed E-state index contributed by atoms with van der Waals surface area (Å²) in [5.74, 6) is -20.6. The molecule has 0 saturated carbocycles. The molecule has 790 valence electrons. The summed E-state index contributed by atoms with van der Waals surface area (Å²) in [4.78, 5) is 257. The van der Waals surface area contributed by atoms with Gasteiger partial charge in [0.05, 0.1) is 12.6 Å².